The van der Waals surface area contributed by atoms with E-state index in [0.717, 1.165) is 69.8 Å². The third-order valence-electron chi connectivity index (χ3n) is 4.75. The minimum absolute atomic E-state index is 0.0585. The van der Waals surface area contributed by atoms with Gasteiger partial charge in [-0.2, -0.15) is 8.42 Å². The fourth-order valence-electron chi connectivity index (χ4n) is 3.21. The van der Waals surface area contributed by atoms with Crippen molar-refractivity contribution >= 4 is 16.1 Å². The Kier molecular flexibility index (Phi) is 10.5. The molecule has 6 heteroatoms. The normalized spacial score (nSPS) is 12.8. The van der Waals surface area contributed by atoms with Gasteiger partial charge in [-0.3, -0.25) is 9.35 Å². The largest absolute Gasteiger partial charge is 0.481 e. The smallest absolute Gasteiger partial charge is 0.303 e. The average Bonchev–Trinajstić information content (AvgIpc) is 2.59. The predicted molar refractivity (Wildman–Crippen MR) is 103 cm³/mol. The van der Waals surface area contributed by atoms with Crippen LogP contribution in [0.4, 0.5) is 0 Å². The molecule has 1 rings (SSSR count). The molecule has 0 heterocycles. The number of hydrogen-bond acceptors (Lipinski definition) is 3. The van der Waals surface area contributed by atoms with Crippen LogP contribution in [0.1, 0.15) is 89.0 Å². The number of aliphatic carboxylic acids is 1. The fraction of sp³-hybridized carbons (Fsp3) is 0.650. The van der Waals surface area contributed by atoms with Crippen LogP contribution >= 0.6 is 0 Å². The van der Waals surface area contributed by atoms with Gasteiger partial charge in [-0.05, 0) is 42.9 Å². The van der Waals surface area contributed by atoms with Crippen LogP contribution in [-0.4, -0.2) is 24.0 Å². The van der Waals surface area contributed by atoms with Crippen LogP contribution < -0.4 is 0 Å². The number of carboxylic acid groups (broad SMARTS) is 1. The lowest BCUT2D eigenvalue weighted by atomic mass is 9.88. The number of carboxylic acids is 1. The number of carbonyl (C=O) groups is 1. The first-order valence-corrected chi connectivity index (χ1v) is 11.1. The van der Waals surface area contributed by atoms with Gasteiger partial charge in [-0.1, -0.05) is 64.0 Å². The van der Waals surface area contributed by atoms with Gasteiger partial charge in [-0.25, -0.2) is 0 Å². The average molecular weight is 385 g/mol. The van der Waals surface area contributed by atoms with Crippen LogP contribution in [0, 0.1) is 0 Å². The van der Waals surface area contributed by atoms with Crippen LogP contribution in [-0.2, 0) is 14.9 Å². The molecule has 0 radical (unpaired) electrons. The summed E-state index contributed by atoms with van der Waals surface area (Å²) in [6.07, 6.45) is 10.9. The van der Waals surface area contributed by atoms with E-state index in [-0.39, 0.29) is 11.3 Å². The van der Waals surface area contributed by atoms with Crippen LogP contribution in [0.2, 0.25) is 0 Å². The number of unbranched alkanes of at least 4 members (excludes halogenated alkanes) is 6. The van der Waals surface area contributed by atoms with Gasteiger partial charge in [0.1, 0.15) is 0 Å². The van der Waals surface area contributed by atoms with Crippen molar-refractivity contribution in [1.82, 2.24) is 0 Å². The van der Waals surface area contributed by atoms with Crippen LogP contribution in [0.25, 0.3) is 0 Å². The molecule has 1 aromatic rings. The quantitative estimate of drug-likeness (QED) is 0.330. The van der Waals surface area contributed by atoms with Gasteiger partial charge in [0.25, 0.3) is 10.1 Å². The van der Waals surface area contributed by atoms with Crippen molar-refractivity contribution in [3.63, 3.8) is 0 Å². The molecule has 0 fully saturated rings. The maximum atomic E-state index is 11.2. The Bertz CT molecular complexity index is 622. The Labute approximate surface area is 157 Å². The van der Waals surface area contributed by atoms with Crippen molar-refractivity contribution in [3.8, 4) is 0 Å². The van der Waals surface area contributed by atoms with E-state index < -0.39 is 16.1 Å². The highest BCUT2D eigenvalue weighted by atomic mass is 32.2. The van der Waals surface area contributed by atoms with Gasteiger partial charge in [-0.15, -0.1) is 0 Å². The van der Waals surface area contributed by atoms with Crippen molar-refractivity contribution in [2.24, 2.45) is 0 Å². The summed E-state index contributed by atoms with van der Waals surface area (Å²) in [7, 11) is -4.14. The van der Waals surface area contributed by atoms with E-state index >= 15 is 0 Å². The molecule has 0 aliphatic rings. The van der Waals surface area contributed by atoms with E-state index in [9.17, 15) is 13.2 Å². The molecule has 1 aromatic carbocycles. The van der Waals surface area contributed by atoms with Crippen molar-refractivity contribution in [2.45, 2.75) is 88.4 Å². The first kappa shape index (κ1) is 22.6. The zero-order valence-electron chi connectivity index (χ0n) is 15.7. The molecule has 26 heavy (non-hydrogen) atoms. The van der Waals surface area contributed by atoms with Crippen LogP contribution in [0.3, 0.4) is 0 Å². The van der Waals surface area contributed by atoms with Crippen molar-refractivity contribution in [1.29, 1.82) is 0 Å². The van der Waals surface area contributed by atoms with E-state index in [2.05, 4.69) is 6.92 Å². The first-order chi connectivity index (χ1) is 12.3. The molecule has 0 saturated carbocycles. The Morgan fingerprint density at radius 3 is 2.00 bits per heavy atom. The summed E-state index contributed by atoms with van der Waals surface area (Å²) in [6, 6.07) is 6.59. The molecular weight excluding hydrogens is 352 g/mol. The van der Waals surface area contributed by atoms with Crippen LogP contribution in [0.15, 0.2) is 29.2 Å². The maximum Gasteiger partial charge on any atom is 0.303 e. The molecule has 0 spiro atoms. The highest BCUT2D eigenvalue weighted by molar-refractivity contribution is 7.85. The van der Waals surface area contributed by atoms with Crippen LogP contribution in [0.5, 0.6) is 0 Å². The van der Waals surface area contributed by atoms with Crippen molar-refractivity contribution < 1.29 is 22.9 Å². The minimum Gasteiger partial charge on any atom is -0.481 e. The second-order valence-electron chi connectivity index (χ2n) is 6.94. The Morgan fingerprint density at radius 1 is 0.923 bits per heavy atom. The molecule has 0 amide bonds. The van der Waals surface area contributed by atoms with Crippen molar-refractivity contribution in [3.05, 3.63) is 29.8 Å². The molecule has 5 nitrogen and oxygen atoms in total. The molecule has 0 bridgehead atoms. The fourth-order valence-corrected chi connectivity index (χ4v) is 3.69. The Balaban J connectivity index is 2.43. The lowest BCUT2D eigenvalue weighted by molar-refractivity contribution is -0.137. The zero-order chi connectivity index (χ0) is 19.4. The predicted octanol–water partition coefficient (Wildman–Crippen LogP) is 5.41. The minimum atomic E-state index is -4.14. The Hall–Kier alpha value is -1.40. The summed E-state index contributed by atoms with van der Waals surface area (Å²) in [6.45, 7) is 2.16. The summed E-state index contributed by atoms with van der Waals surface area (Å²) >= 11 is 0. The van der Waals surface area contributed by atoms with Crippen molar-refractivity contribution in [2.75, 3.05) is 0 Å². The summed E-state index contributed by atoms with van der Waals surface area (Å²) in [4.78, 5) is 10.4. The number of benzene rings is 1. The summed E-state index contributed by atoms with van der Waals surface area (Å²) in [5, 5.41) is 8.61. The van der Waals surface area contributed by atoms with E-state index in [4.69, 9.17) is 9.66 Å². The molecule has 0 aromatic heterocycles. The Morgan fingerprint density at radius 2 is 1.46 bits per heavy atom. The SMILES string of the molecule is CCCCC(CCCCCCCCC(=O)O)c1ccc(S(=O)(=O)O)cc1. The first-order valence-electron chi connectivity index (χ1n) is 9.63. The molecule has 0 aliphatic heterocycles. The van der Waals surface area contributed by atoms with Gasteiger partial charge >= 0.3 is 5.97 Å². The molecular formula is C20H32O5S. The third-order valence-corrected chi connectivity index (χ3v) is 5.62. The molecule has 0 saturated heterocycles. The van der Waals surface area contributed by atoms with E-state index in [0.29, 0.717) is 5.92 Å². The lowest BCUT2D eigenvalue weighted by Gasteiger charge is -2.17. The highest BCUT2D eigenvalue weighted by Crippen LogP contribution is 2.29. The second kappa shape index (κ2) is 12.1. The van der Waals surface area contributed by atoms with E-state index in [1.165, 1.54) is 12.1 Å². The lowest BCUT2D eigenvalue weighted by Crippen LogP contribution is -2.02. The van der Waals surface area contributed by atoms with Gasteiger partial charge < -0.3 is 5.11 Å². The molecule has 0 aliphatic carbocycles. The van der Waals surface area contributed by atoms with Gasteiger partial charge in [0, 0.05) is 6.42 Å². The van der Waals surface area contributed by atoms with E-state index in [1.807, 2.05) is 12.1 Å². The monoisotopic (exact) mass is 384 g/mol. The highest BCUT2D eigenvalue weighted by Gasteiger charge is 2.14. The number of hydrogen-bond donors (Lipinski definition) is 2. The summed E-state index contributed by atoms with van der Waals surface area (Å²) in [5.74, 6) is -0.304. The molecule has 1 unspecified atom stereocenters. The number of rotatable bonds is 14. The topological polar surface area (TPSA) is 91.7 Å². The third kappa shape index (κ3) is 9.34. The molecule has 1 atom stereocenters. The summed E-state index contributed by atoms with van der Waals surface area (Å²) < 4.78 is 31.4. The van der Waals surface area contributed by atoms with E-state index in [1.54, 1.807) is 0 Å². The summed E-state index contributed by atoms with van der Waals surface area (Å²) in [5.41, 5.74) is 1.13. The standard InChI is InChI=1S/C20H32O5S/c1-2-3-10-17(11-8-6-4-5-7-9-12-20(21)22)18-13-15-19(16-14-18)26(23,24)25/h13-17H,2-12H2,1H3,(H,21,22)(H,23,24,25). The van der Waals surface area contributed by atoms with Gasteiger partial charge in [0.15, 0.2) is 0 Å². The second-order valence-corrected chi connectivity index (χ2v) is 8.36. The maximum absolute atomic E-state index is 11.2. The molecule has 148 valence electrons. The van der Waals surface area contributed by atoms with Gasteiger partial charge in [0.05, 0.1) is 4.90 Å². The molecule has 2 N–H and O–H groups in total. The zero-order valence-corrected chi connectivity index (χ0v) is 16.5. The van der Waals surface area contributed by atoms with Gasteiger partial charge in [0.2, 0.25) is 0 Å².